The van der Waals surface area contributed by atoms with E-state index < -0.39 is 5.97 Å². The van der Waals surface area contributed by atoms with Crippen molar-refractivity contribution in [3.63, 3.8) is 0 Å². The van der Waals surface area contributed by atoms with Crippen LogP contribution in [0.15, 0.2) is 36.8 Å². The summed E-state index contributed by atoms with van der Waals surface area (Å²) in [5, 5.41) is 0.847. The third-order valence-corrected chi connectivity index (χ3v) is 3.83. The van der Waals surface area contributed by atoms with Crippen LogP contribution in [0.1, 0.15) is 12.6 Å². The second-order valence-electron chi connectivity index (χ2n) is 5.51. The quantitative estimate of drug-likeness (QED) is 0.630. The number of nitrogens with zero attached hydrogens (tertiary/aromatic N) is 3. The van der Waals surface area contributed by atoms with Crippen molar-refractivity contribution in [2.45, 2.75) is 13.8 Å². The van der Waals surface area contributed by atoms with Crippen molar-refractivity contribution in [2.24, 2.45) is 0 Å². The summed E-state index contributed by atoms with van der Waals surface area (Å²) in [4.78, 5) is 24.4. The molecular formula is C19H19N3O4. The van der Waals surface area contributed by atoms with Crippen molar-refractivity contribution in [2.75, 3.05) is 20.3 Å². The van der Waals surface area contributed by atoms with Crippen molar-refractivity contribution < 1.29 is 19.0 Å². The first-order valence-corrected chi connectivity index (χ1v) is 8.16. The molecule has 0 bridgehead atoms. The number of esters is 1. The molecule has 0 aliphatic carbocycles. The van der Waals surface area contributed by atoms with Crippen LogP contribution in [0.2, 0.25) is 0 Å². The van der Waals surface area contributed by atoms with Gasteiger partial charge in [0.1, 0.15) is 17.6 Å². The SMILES string of the molecule is CCOC(=O)COc1cc(-c2ccc(OC)nc2)cc2c(C)ncnc12. The standard InChI is InChI=1S/C19H19N3O4/c1-4-25-18(23)10-26-16-8-14(13-5-6-17(24-3)20-9-13)7-15-12(2)21-11-22-19(15)16/h5-9,11H,4,10H2,1-3H3. The van der Waals surface area contributed by atoms with E-state index in [2.05, 4.69) is 15.0 Å². The molecule has 0 radical (unpaired) electrons. The molecule has 0 amide bonds. The summed E-state index contributed by atoms with van der Waals surface area (Å²) in [5.74, 6) is 0.600. The van der Waals surface area contributed by atoms with Gasteiger partial charge in [0.05, 0.1) is 13.7 Å². The van der Waals surface area contributed by atoms with Gasteiger partial charge in [0.25, 0.3) is 0 Å². The summed E-state index contributed by atoms with van der Waals surface area (Å²) in [6, 6.07) is 7.50. The van der Waals surface area contributed by atoms with Gasteiger partial charge in [0.2, 0.25) is 5.88 Å². The van der Waals surface area contributed by atoms with Crippen molar-refractivity contribution >= 4 is 16.9 Å². The van der Waals surface area contributed by atoms with Gasteiger partial charge >= 0.3 is 5.97 Å². The Morgan fingerprint density at radius 1 is 1.12 bits per heavy atom. The predicted molar refractivity (Wildman–Crippen MR) is 96.2 cm³/mol. The third kappa shape index (κ3) is 3.72. The Hall–Kier alpha value is -3.22. The molecule has 26 heavy (non-hydrogen) atoms. The molecule has 2 aromatic heterocycles. The van der Waals surface area contributed by atoms with Gasteiger partial charge < -0.3 is 14.2 Å². The predicted octanol–water partition coefficient (Wildman–Crippen LogP) is 2.95. The first-order valence-electron chi connectivity index (χ1n) is 8.16. The Morgan fingerprint density at radius 2 is 1.96 bits per heavy atom. The lowest BCUT2D eigenvalue weighted by atomic mass is 10.0. The number of aryl methyl sites for hydroxylation is 1. The van der Waals surface area contributed by atoms with E-state index in [-0.39, 0.29) is 6.61 Å². The second-order valence-corrected chi connectivity index (χ2v) is 5.51. The van der Waals surface area contributed by atoms with E-state index in [0.29, 0.717) is 23.8 Å². The van der Waals surface area contributed by atoms with Crippen molar-refractivity contribution in [3.05, 3.63) is 42.5 Å². The van der Waals surface area contributed by atoms with Crippen molar-refractivity contribution in [3.8, 4) is 22.8 Å². The number of methoxy groups -OCH3 is 1. The molecule has 2 heterocycles. The molecule has 0 aliphatic rings. The smallest absolute Gasteiger partial charge is 0.344 e. The van der Waals surface area contributed by atoms with Gasteiger partial charge in [0, 0.05) is 28.9 Å². The van der Waals surface area contributed by atoms with Crippen molar-refractivity contribution in [1.82, 2.24) is 15.0 Å². The molecule has 0 atom stereocenters. The number of aromatic nitrogens is 3. The molecule has 0 aliphatic heterocycles. The van der Waals surface area contributed by atoms with Crippen LogP contribution in [-0.4, -0.2) is 41.2 Å². The largest absolute Gasteiger partial charge is 0.481 e. The van der Waals surface area contributed by atoms with E-state index in [9.17, 15) is 4.79 Å². The molecule has 3 aromatic rings. The Kier molecular flexibility index (Phi) is 5.26. The minimum absolute atomic E-state index is 0.184. The number of hydrogen-bond acceptors (Lipinski definition) is 7. The Balaban J connectivity index is 2.03. The lowest BCUT2D eigenvalue weighted by Gasteiger charge is -2.12. The molecule has 134 valence electrons. The summed E-state index contributed by atoms with van der Waals surface area (Å²) < 4.78 is 15.7. The van der Waals surface area contributed by atoms with Crippen LogP contribution < -0.4 is 9.47 Å². The highest BCUT2D eigenvalue weighted by Crippen LogP contribution is 2.32. The van der Waals surface area contributed by atoms with Gasteiger partial charge in [-0.15, -0.1) is 0 Å². The van der Waals surface area contributed by atoms with Crippen LogP contribution in [0, 0.1) is 6.92 Å². The normalized spacial score (nSPS) is 10.6. The second kappa shape index (κ2) is 7.77. The van der Waals surface area contributed by atoms with Gasteiger partial charge in [-0.1, -0.05) is 0 Å². The molecule has 7 heteroatoms. The number of carbonyl (C=O) groups excluding carboxylic acids is 1. The number of ether oxygens (including phenoxy) is 3. The average Bonchev–Trinajstić information content (AvgIpc) is 2.67. The van der Waals surface area contributed by atoms with Gasteiger partial charge in [0.15, 0.2) is 6.61 Å². The summed E-state index contributed by atoms with van der Waals surface area (Å²) in [6.07, 6.45) is 3.19. The van der Waals surface area contributed by atoms with E-state index in [1.807, 2.05) is 25.1 Å². The van der Waals surface area contributed by atoms with Crippen LogP contribution in [0.4, 0.5) is 0 Å². The van der Waals surface area contributed by atoms with Gasteiger partial charge in [-0.25, -0.2) is 19.7 Å². The van der Waals surface area contributed by atoms with E-state index in [0.717, 1.165) is 22.2 Å². The Morgan fingerprint density at radius 3 is 2.65 bits per heavy atom. The zero-order valence-corrected chi connectivity index (χ0v) is 14.9. The highest BCUT2D eigenvalue weighted by molar-refractivity contribution is 5.91. The molecule has 1 aromatic carbocycles. The fraction of sp³-hybridized carbons (Fsp3) is 0.263. The lowest BCUT2D eigenvalue weighted by Crippen LogP contribution is -2.14. The highest BCUT2D eigenvalue weighted by atomic mass is 16.6. The first kappa shape index (κ1) is 17.6. The van der Waals surface area contributed by atoms with Crippen LogP contribution in [0.25, 0.3) is 22.0 Å². The zero-order valence-electron chi connectivity index (χ0n) is 14.9. The zero-order chi connectivity index (χ0) is 18.5. The maximum atomic E-state index is 11.6. The number of benzene rings is 1. The minimum Gasteiger partial charge on any atom is -0.481 e. The Labute approximate surface area is 151 Å². The van der Waals surface area contributed by atoms with Crippen LogP contribution in [0.3, 0.4) is 0 Å². The molecule has 7 nitrogen and oxygen atoms in total. The van der Waals surface area contributed by atoms with Crippen LogP contribution in [0.5, 0.6) is 11.6 Å². The topological polar surface area (TPSA) is 83.4 Å². The molecule has 0 saturated heterocycles. The summed E-state index contributed by atoms with van der Waals surface area (Å²) in [5.41, 5.74) is 3.23. The Bertz CT molecular complexity index is 926. The number of pyridine rings is 1. The van der Waals surface area contributed by atoms with Crippen LogP contribution >= 0.6 is 0 Å². The fourth-order valence-electron chi connectivity index (χ4n) is 2.55. The molecule has 0 saturated carbocycles. The van der Waals surface area contributed by atoms with Crippen LogP contribution in [-0.2, 0) is 9.53 Å². The number of carbonyl (C=O) groups is 1. The highest BCUT2D eigenvalue weighted by Gasteiger charge is 2.13. The van der Waals surface area contributed by atoms with Gasteiger partial charge in [-0.05, 0) is 37.6 Å². The number of hydrogen-bond donors (Lipinski definition) is 0. The summed E-state index contributed by atoms with van der Waals surface area (Å²) >= 11 is 0. The monoisotopic (exact) mass is 353 g/mol. The third-order valence-electron chi connectivity index (χ3n) is 3.83. The van der Waals surface area contributed by atoms with E-state index in [1.54, 1.807) is 26.3 Å². The van der Waals surface area contributed by atoms with Gasteiger partial charge in [-0.2, -0.15) is 0 Å². The first-order chi connectivity index (χ1) is 12.6. The van der Waals surface area contributed by atoms with E-state index >= 15 is 0 Å². The van der Waals surface area contributed by atoms with E-state index in [4.69, 9.17) is 14.2 Å². The van der Waals surface area contributed by atoms with Crippen molar-refractivity contribution in [1.29, 1.82) is 0 Å². The molecular weight excluding hydrogens is 334 g/mol. The molecule has 0 spiro atoms. The minimum atomic E-state index is -0.428. The maximum absolute atomic E-state index is 11.6. The summed E-state index contributed by atoms with van der Waals surface area (Å²) in [6.45, 7) is 3.77. The molecule has 0 fully saturated rings. The van der Waals surface area contributed by atoms with E-state index in [1.165, 1.54) is 6.33 Å². The molecule has 3 rings (SSSR count). The molecule has 0 N–H and O–H groups in total. The van der Waals surface area contributed by atoms with Gasteiger partial charge in [-0.3, -0.25) is 0 Å². The maximum Gasteiger partial charge on any atom is 0.344 e. The summed E-state index contributed by atoms with van der Waals surface area (Å²) in [7, 11) is 1.57. The number of fused-ring (bicyclic) bond motifs is 1. The fourth-order valence-corrected chi connectivity index (χ4v) is 2.55. The number of rotatable bonds is 6. The molecule has 0 unspecified atom stereocenters. The average molecular weight is 353 g/mol. The lowest BCUT2D eigenvalue weighted by molar-refractivity contribution is -0.145.